The number of halogens is 3. The number of hydrogen-bond acceptors (Lipinski definition) is 0. The normalized spacial score (nSPS) is 27.7. The van der Waals surface area contributed by atoms with E-state index in [1.165, 1.54) is 24.8 Å². The van der Waals surface area contributed by atoms with Crippen molar-refractivity contribution in [2.45, 2.75) is 50.3 Å². The Bertz CT molecular complexity index is 828. The lowest BCUT2D eigenvalue weighted by Crippen LogP contribution is -2.21. The monoisotopic (exact) mass is 380 g/mol. The van der Waals surface area contributed by atoms with Crippen LogP contribution in [0.3, 0.4) is 0 Å². The van der Waals surface area contributed by atoms with E-state index in [2.05, 4.69) is 12.2 Å². The van der Waals surface area contributed by atoms with Crippen LogP contribution in [0.1, 0.15) is 50.0 Å². The number of benzene rings is 2. The molecule has 0 aliphatic heterocycles. The van der Waals surface area contributed by atoms with E-state index in [-0.39, 0.29) is 0 Å². The molecule has 2 unspecified atom stereocenters. The molecule has 2 radical (unpaired) electrons. The third kappa shape index (κ3) is 4.06. The molecule has 0 amide bonds. The van der Waals surface area contributed by atoms with Crippen LogP contribution in [-0.4, -0.2) is 7.85 Å². The zero-order chi connectivity index (χ0) is 19.7. The Hall–Kier alpha value is -1.97. The molecule has 0 saturated heterocycles. The lowest BCUT2D eigenvalue weighted by atomic mass is 9.67. The fraction of sp³-hybridized carbons (Fsp3) is 0.417. The molecular weight excluding hydrogens is 356 g/mol. The highest BCUT2D eigenvalue weighted by atomic mass is 19.2. The highest BCUT2D eigenvalue weighted by Crippen LogP contribution is 2.41. The van der Waals surface area contributed by atoms with Gasteiger partial charge in [0.15, 0.2) is 17.5 Å². The summed E-state index contributed by atoms with van der Waals surface area (Å²) in [4.78, 5) is 0. The van der Waals surface area contributed by atoms with Crippen LogP contribution in [-0.2, 0) is 0 Å². The summed E-state index contributed by atoms with van der Waals surface area (Å²) in [5.41, 5.74) is 2.22. The van der Waals surface area contributed by atoms with Crippen molar-refractivity contribution in [1.82, 2.24) is 0 Å². The molecule has 144 valence electrons. The first-order valence-electron chi connectivity index (χ1n) is 10.2. The molecule has 0 nitrogen and oxygen atoms in total. The first-order chi connectivity index (χ1) is 13.5. The smallest absolute Gasteiger partial charge is 0.194 e. The second-order valence-corrected chi connectivity index (χ2v) is 8.28. The molecular formula is C24H24BF3. The van der Waals surface area contributed by atoms with E-state index in [1.54, 1.807) is 0 Å². The van der Waals surface area contributed by atoms with Crippen LogP contribution in [0.2, 0.25) is 5.82 Å². The minimum absolute atomic E-state index is 0.345. The predicted molar refractivity (Wildman–Crippen MR) is 108 cm³/mol. The van der Waals surface area contributed by atoms with Crippen LogP contribution in [0.15, 0.2) is 48.6 Å². The molecule has 0 heterocycles. The fourth-order valence-corrected chi connectivity index (χ4v) is 4.73. The predicted octanol–water partition coefficient (Wildman–Crippen LogP) is 6.97. The third-order valence-electron chi connectivity index (χ3n) is 6.48. The lowest BCUT2D eigenvalue weighted by molar-refractivity contribution is 0.264. The molecule has 0 bridgehead atoms. The number of rotatable bonds is 3. The molecule has 1 saturated carbocycles. The maximum absolute atomic E-state index is 13.5. The molecule has 0 spiro atoms. The average molecular weight is 380 g/mol. The van der Waals surface area contributed by atoms with Gasteiger partial charge in [0.25, 0.3) is 0 Å². The van der Waals surface area contributed by atoms with E-state index in [1.807, 2.05) is 24.3 Å². The highest BCUT2D eigenvalue weighted by molar-refractivity contribution is 6.11. The van der Waals surface area contributed by atoms with E-state index in [0.717, 1.165) is 37.3 Å². The van der Waals surface area contributed by atoms with Crippen LogP contribution in [0.25, 0.3) is 11.1 Å². The van der Waals surface area contributed by atoms with E-state index < -0.39 is 17.5 Å². The maximum Gasteiger partial charge on any atom is 0.194 e. The Kier molecular flexibility index (Phi) is 5.66. The van der Waals surface area contributed by atoms with Gasteiger partial charge in [-0.05, 0) is 53.5 Å². The molecule has 0 N–H and O–H groups in total. The Balaban J connectivity index is 1.44. The minimum Gasteiger partial charge on any atom is -0.204 e. The second kappa shape index (κ2) is 8.18. The number of allylic oxidation sites excluding steroid dienone is 2. The van der Waals surface area contributed by atoms with Crippen molar-refractivity contribution in [3.05, 3.63) is 71.6 Å². The summed E-state index contributed by atoms with van der Waals surface area (Å²) in [6, 6.07) is 9.78. The molecule has 4 heteroatoms. The molecule has 0 aromatic heterocycles. The van der Waals surface area contributed by atoms with Gasteiger partial charge in [0.05, 0.1) is 7.85 Å². The van der Waals surface area contributed by atoms with Crippen molar-refractivity contribution in [2.24, 2.45) is 11.8 Å². The van der Waals surface area contributed by atoms with E-state index in [0.29, 0.717) is 28.8 Å². The lowest BCUT2D eigenvalue weighted by Gasteiger charge is -2.34. The summed E-state index contributed by atoms with van der Waals surface area (Å²) in [7, 11) is 6.02. The molecule has 28 heavy (non-hydrogen) atoms. The van der Waals surface area contributed by atoms with Gasteiger partial charge in [-0.2, -0.15) is 0 Å². The van der Waals surface area contributed by atoms with Crippen molar-refractivity contribution in [1.29, 1.82) is 0 Å². The average Bonchev–Trinajstić information content (AvgIpc) is 2.72. The van der Waals surface area contributed by atoms with E-state index in [4.69, 9.17) is 7.85 Å². The first-order valence-corrected chi connectivity index (χ1v) is 10.2. The molecule has 2 aliphatic carbocycles. The van der Waals surface area contributed by atoms with Crippen LogP contribution < -0.4 is 0 Å². The van der Waals surface area contributed by atoms with E-state index >= 15 is 0 Å². The van der Waals surface area contributed by atoms with Gasteiger partial charge in [-0.15, -0.1) is 0 Å². The summed E-state index contributed by atoms with van der Waals surface area (Å²) in [5, 5.41) is 0. The summed E-state index contributed by atoms with van der Waals surface area (Å²) in [6.45, 7) is 0. The standard InChI is InChI=1S/C24H24BF3/c25-21-11-9-18(10-12-21)17-3-1-15(2-4-17)16-5-7-19(8-6-16)20-13-22(26)24(28)23(27)14-20/h1,3,5-8,13-15,17-18,21H,2,4,9-12H2. The Labute approximate surface area is 166 Å². The topological polar surface area (TPSA) is 0 Å². The number of hydrogen-bond donors (Lipinski definition) is 0. The van der Waals surface area contributed by atoms with E-state index in [9.17, 15) is 13.2 Å². The third-order valence-corrected chi connectivity index (χ3v) is 6.48. The Morgan fingerprint density at radius 2 is 1.36 bits per heavy atom. The van der Waals surface area contributed by atoms with Gasteiger partial charge in [-0.25, -0.2) is 13.2 Å². The van der Waals surface area contributed by atoms with Crippen molar-refractivity contribution in [3.63, 3.8) is 0 Å². The van der Waals surface area contributed by atoms with Crippen LogP contribution in [0.4, 0.5) is 13.2 Å². The van der Waals surface area contributed by atoms with Crippen molar-refractivity contribution in [2.75, 3.05) is 0 Å². The van der Waals surface area contributed by atoms with Crippen molar-refractivity contribution >= 4 is 7.85 Å². The van der Waals surface area contributed by atoms with Gasteiger partial charge in [-0.3, -0.25) is 0 Å². The Morgan fingerprint density at radius 3 is 1.93 bits per heavy atom. The van der Waals surface area contributed by atoms with Crippen molar-refractivity contribution < 1.29 is 13.2 Å². The van der Waals surface area contributed by atoms with Gasteiger partial charge in [0.2, 0.25) is 0 Å². The highest BCUT2D eigenvalue weighted by Gasteiger charge is 2.27. The molecule has 4 rings (SSSR count). The SMILES string of the molecule is [B]C1CCC(C2C=CC(c3ccc(-c4cc(F)c(F)c(F)c4)cc3)CC2)CC1. The van der Waals surface area contributed by atoms with Gasteiger partial charge in [0, 0.05) is 5.92 Å². The molecule has 1 fully saturated rings. The van der Waals surface area contributed by atoms with Gasteiger partial charge in [0.1, 0.15) is 0 Å². The zero-order valence-corrected chi connectivity index (χ0v) is 15.9. The van der Waals surface area contributed by atoms with Crippen LogP contribution in [0.5, 0.6) is 0 Å². The van der Waals surface area contributed by atoms with Gasteiger partial charge < -0.3 is 0 Å². The second-order valence-electron chi connectivity index (χ2n) is 8.28. The van der Waals surface area contributed by atoms with Gasteiger partial charge >= 0.3 is 0 Å². The Morgan fingerprint density at radius 1 is 0.714 bits per heavy atom. The molecule has 2 aromatic rings. The quantitative estimate of drug-likeness (QED) is 0.307. The summed E-state index contributed by atoms with van der Waals surface area (Å²) in [6.07, 6.45) is 11.8. The minimum atomic E-state index is -1.43. The molecule has 2 aromatic carbocycles. The van der Waals surface area contributed by atoms with Gasteiger partial charge in [-0.1, -0.05) is 67.9 Å². The first kappa shape index (κ1) is 19.4. The van der Waals surface area contributed by atoms with Crippen LogP contribution >= 0.6 is 0 Å². The van der Waals surface area contributed by atoms with Crippen LogP contribution in [0, 0.1) is 29.3 Å². The zero-order valence-electron chi connectivity index (χ0n) is 15.9. The maximum atomic E-state index is 13.5. The summed E-state index contributed by atoms with van der Waals surface area (Å²) < 4.78 is 40.1. The largest absolute Gasteiger partial charge is 0.204 e. The summed E-state index contributed by atoms with van der Waals surface area (Å²) in [5.74, 6) is -1.57. The summed E-state index contributed by atoms with van der Waals surface area (Å²) >= 11 is 0. The fourth-order valence-electron chi connectivity index (χ4n) is 4.73. The molecule has 2 aliphatic rings. The van der Waals surface area contributed by atoms with Crippen molar-refractivity contribution in [3.8, 4) is 11.1 Å². The molecule has 2 atom stereocenters.